The van der Waals surface area contributed by atoms with E-state index in [0.29, 0.717) is 0 Å². The molecule has 0 aliphatic carbocycles. The summed E-state index contributed by atoms with van der Waals surface area (Å²) in [4.78, 5) is 26.7. The molecule has 1 atom stereocenters. The van der Waals surface area contributed by atoms with Gasteiger partial charge in [0.25, 0.3) is 0 Å². The van der Waals surface area contributed by atoms with Crippen LogP contribution in [0.15, 0.2) is 36.4 Å². The van der Waals surface area contributed by atoms with E-state index in [1.807, 2.05) is 32.9 Å². The van der Waals surface area contributed by atoms with E-state index in [0.717, 1.165) is 34.5 Å². The number of anilines is 2. The average molecular weight is 390 g/mol. The Morgan fingerprint density at radius 2 is 1.75 bits per heavy atom. The predicted molar refractivity (Wildman–Crippen MR) is 101 cm³/mol. The standard InChI is InChI=1S/C21H21F3N2O2/c1-12-7-13(2)19(14(3)8-12)26-11-15(9-18(26)27)20(28)25-17-6-4-5-16(10-17)21(22,23)24/h4-8,10,15H,9,11H2,1-3H3,(H,25,28). The summed E-state index contributed by atoms with van der Waals surface area (Å²) < 4.78 is 38.5. The van der Waals surface area contributed by atoms with Crippen molar-refractivity contribution >= 4 is 23.2 Å². The zero-order chi connectivity index (χ0) is 20.6. The molecule has 0 saturated carbocycles. The second-order valence-electron chi connectivity index (χ2n) is 7.22. The summed E-state index contributed by atoms with van der Waals surface area (Å²) in [6.45, 7) is 6.01. The number of alkyl halides is 3. The molecule has 28 heavy (non-hydrogen) atoms. The van der Waals surface area contributed by atoms with Crippen molar-refractivity contribution in [2.24, 2.45) is 5.92 Å². The lowest BCUT2D eigenvalue weighted by molar-refractivity contribution is -0.137. The second kappa shape index (κ2) is 7.30. The van der Waals surface area contributed by atoms with Gasteiger partial charge in [-0.1, -0.05) is 23.8 Å². The molecule has 1 heterocycles. The summed E-state index contributed by atoms with van der Waals surface area (Å²) in [7, 11) is 0. The molecule has 1 unspecified atom stereocenters. The van der Waals surface area contributed by atoms with Crippen LogP contribution in [-0.2, 0) is 15.8 Å². The van der Waals surface area contributed by atoms with Gasteiger partial charge >= 0.3 is 6.18 Å². The lowest BCUT2D eigenvalue weighted by Crippen LogP contribution is -2.29. The van der Waals surface area contributed by atoms with E-state index in [2.05, 4.69) is 5.32 Å². The Kier molecular flexibility index (Phi) is 5.19. The SMILES string of the molecule is Cc1cc(C)c(N2CC(C(=O)Nc3cccc(C(F)(F)F)c3)CC2=O)c(C)c1. The molecule has 0 bridgehead atoms. The number of rotatable bonds is 3. The van der Waals surface area contributed by atoms with Gasteiger partial charge in [-0.05, 0) is 50.1 Å². The molecular formula is C21H21F3N2O2. The van der Waals surface area contributed by atoms with Crippen LogP contribution >= 0.6 is 0 Å². The van der Waals surface area contributed by atoms with Gasteiger partial charge in [-0.3, -0.25) is 9.59 Å². The minimum atomic E-state index is -4.48. The average Bonchev–Trinajstić information content (AvgIpc) is 2.95. The van der Waals surface area contributed by atoms with Gasteiger partial charge in [0.1, 0.15) is 0 Å². The Hall–Kier alpha value is -2.83. The van der Waals surface area contributed by atoms with Crippen molar-refractivity contribution in [3.8, 4) is 0 Å². The third kappa shape index (κ3) is 4.03. The monoisotopic (exact) mass is 390 g/mol. The summed E-state index contributed by atoms with van der Waals surface area (Å²) in [6.07, 6.45) is -4.46. The van der Waals surface area contributed by atoms with Gasteiger partial charge in [-0.2, -0.15) is 13.2 Å². The van der Waals surface area contributed by atoms with E-state index in [9.17, 15) is 22.8 Å². The molecule has 1 saturated heterocycles. The molecule has 7 heteroatoms. The summed E-state index contributed by atoms with van der Waals surface area (Å²) in [5.74, 6) is -1.25. The third-order valence-corrected chi connectivity index (χ3v) is 4.86. The minimum absolute atomic E-state index is 0.0253. The number of carbonyl (C=O) groups is 2. The molecular weight excluding hydrogens is 369 g/mol. The maximum absolute atomic E-state index is 12.8. The normalized spacial score (nSPS) is 17.1. The Morgan fingerprint density at radius 3 is 2.36 bits per heavy atom. The lowest BCUT2D eigenvalue weighted by atomic mass is 10.0. The topological polar surface area (TPSA) is 49.4 Å². The number of hydrogen-bond donors (Lipinski definition) is 1. The molecule has 0 aromatic heterocycles. The minimum Gasteiger partial charge on any atom is -0.326 e. The maximum Gasteiger partial charge on any atom is 0.416 e. The fourth-order valence-corrected chi connectivity index (χ4v) is 3.72. The highest BCUT2D eigenvalue weighted by molar-refractivity contribution is 6.04. The van der Waals surface area contributed by atoms with E-state index in [4.69, 9.17) is 0 Å². The number of hydrogen-bond acceptors (Lipinski definition) is 2. The molecule has 3 rings (SSSR count). The fraction of sp³-hybridized carbons (Fsp3) is 0.333. The van der Waals surface area contributed by atoms with E-state index in [1.165, 1.54) is 12.1 Å². The van der Waals surface area contributed by atoms with Crippen LogP contribution in [0.25, 0.3) is 0 Å². The summed E-state index contributed by atoms with van der Waals surface area (Å²) >= 11 is 0. The first-order valence-corrected chi connectivity index (χ1v) is 8.92. The van der Waals surface area contributed by atoms with Crippen LogP contribution in [0.1, 0.15) is 28.7 Å². The van der Waals surface area contributed by atoms with Crippen molar-refractivity contribution in [3.63, 3.8) is 0 Å². The molecule has 1 N–H and O–H groups in total. The first-order valence-electron chi connectivity index (χ1n) is 8.92. The highest BCUT2D eigenvalue weighted by Crippen LogP contribution is 2.33. The van der Waals surface area contributed by atoms with Crippen LogP contribution in [0, 0.1) is 26.7 Å². The van der Waals surface area contributed by atoms with Crippen molar-refractivity contribution in [2.75, 3.05) is 16.8 Å². The molecule has 0 spiro atoms. The van der Waals surface area contributed by atoms with Gasteiger partial charge in [0.2, 0.25) is 11.8 Å². The number of aryl methyl sites for hydroxylation is 3. The molecule has 2 amide bonds. The number of benzene rings is 2. The molecule has 2 aromatic carbocycles. The van der Waals surface area contributed by atoms with Crippen LogP contribution in [0.3, 0.4) is 0 Å². The molecule has 148 valence electrons. The molecule has 1 fully saturated rings. The maximum atomic E-state index is 12.8. The van der Waals surface area contributed by atoms with Crippen LogP contribution in [0.2, 0.25) is 0 Å². The van der Waals surface area contributed by atoms with Crippen molar-refractivity contribution in [2.45, 2.75) is 33.4 Å². The smallest absolute Gasteiger partial charge is 0.326 e. The molecule has 4 nitrogen and oxygen atoms in total. The molecule has 1 aliphatic rings. The zero-order valence-electron chi connectivity index (χ0n) is 15.9. The highest BCUT2D eigenvalue weighted by Gasteiger charge is 2.36. The van der Waals surface area contributed by atoms with Crippen molar-refractivity contribution in [1.82, 2.24) is 0 Å². The number of nitrogens with one attached hydrogen (secondary N) is 1. The Labute approximate surface area is 161 Å². The first kappa shape index (κ1) is 19.9. The van der Waals surface area contributed by atoms with E-state index >= 15 is 0 Å². The van der Waals surface area contributed by atoms with E-state index in [1.54, 1.807) is 4.90 Å². The van der Waals surface area contributed by atoms with E-state index < -0.39 is 23.6 Å². The van der Waals surface area contributed by atoms with Gasteiger partial charge in [-0.15, -0.1) is 0 Å². The fourth-order valence-electron chi connectivity index (χ4n) is 3.72. The Morgan fingerprint density at radius 1 is 1.11 bits per heavy atom. The zero-order valence-corrected chi connectivity index (χ0v) is 15.9. The van der Waals surface area contributed by atoms with Crippen LogP contribution in [0.4, 0.5) is 24.5 Å². The molecule has 2 aromatic rings. The third-order valence-electron chi connectivity index (χ3n) is 4.86. The van der Waals surface area contributed by atoms with Crippen LogP contribution < -0.4 is 10.2 Å². The van der Waals surface area contributed by atoms with Crippen molar-refractivity contribution < 1.29 is 22.8 Å². The number of amides is 2. The van der Waals surface area contributed by atoms with Gasteiger partial charge in [0.05, 0.1) is 11.5 Å². The predicted octanol–water partition coefficient (Wildman–Crippen LogP) is 4.62. The Balaban J connectivity index is 1.76. The molecule has 0 radical (unpaired) electrons. The van der Waals surface area contributed by atoms with Crippen molar-refractivity contribution in [1.29, 1.82) is 0 Å². The van der Waals surface area contributed by atoms with Gasteiger partial charge < -0.3 is 10.2 Å². The van der Waals surface area contributed by atoms with Gasteiger partial charge in [-0.25, -0.2) is 0 Å². The molecule has 1 aliphatic heterocycles. The lowest BCUT2D eigenvalue weighted by Gasteiger charge is -2.22. The highest BCUT2D eigenvalue weighted by atomic mass is 19.4. The second-order valence-corrected chi connectivity index (χ2v) is 7.22. The first-order chi connectivity index (χ1) is 13.1. The van der Waals surface area contributed by atoms with E-state index in [-0.39, 0.29) is 24.6 Å². The Bertz CT molecular complexity index is 914. The number of carbonyl (C=O) groups excluding carboxylic acids is 2. The van der Waals surface area contributed by atoms with Gasteiger partial charge in [0, 0.05) is 24.3 Å². The quantitative estimate of drug-likeness (QED) is 0.831. The van der Waals surface area contributed by atoms with Crippen molar-refractivity contribution in [3.05, 3.63) is 58.7 Å². The largest absolute Gasteiger partial charge is 0.416 e. The summed E-state index contributed by atoms with van der Waals surface area (Å²) in [5.41, 5.74) is 3.01. The summed E-state index contributed by atoms with van der Waals surface area (Å²) in [6, 6.07) is 8.43. The number of nitrogens with zero attached hydrogens (tertiary/aromatic N) is 1. The summed E-state index contributed by atoms with van der Waals surface area (Å²) in [5, 5.41) is 2.51. The van der Waals surface area contributed by atoms with Gasteiger partial charge in [0.15, 0.2) is 0 Å². The van der Waals surface area contributed by atoms with Crippen LogP contribution in [0.5, 0.6) is 0 Å². The van der Waals surface area contributed by atoms with Crippen LogP contribution in [-0.4, -0.2) is 18.4 Å². The number of halogens is 3.